The summed E-state index contributed by atoms with van der Waals surface area (Å²) in [5, 5.41) is 7.58. The predicted octanol–water partition coefficient (Wildman–Crippen LogP) is 11.5. The van der Waals surface area contributed by atoms with Crippen LogP contribution in [0.1, 0.15) is 47.2 Å². The number of halogens is 3. The van der Waals surface area contributed by atoms with Gasteiger partial charge in [0.2, 0.25) is 6.41 Å². The molecule has 1 aliphatic rings. The Hall–Kier alpha value is -5.74. The Bertz CT molecular complexity index is 2610. The second-order valence-corrected chi connectivity index (χ2v) is 15.9. The molecule has 7 aromatic carbocycles. The first-order chi connectivity index (χ1) is 27.6. The molecule has 1 unspecified atom stereocenters. The van der Waals surface area contributed by atoms with E-state index < -0.39 is 23.1 Å². The third kappa shape index (κ3) is 7.83. The molecule has 57 heavy (non-hydrogen) atoms. The lowest BCUT2D eigenvalue weighted by Crippen LogP contribution is -2.38. The van der Waals surface area contributed by atoms with Crippen LogP contribution in [0.25, 0.3) is 54.6 Å². The van der Waals surface area contributed by atoms with Crippen LogP contribution in [0, 0.1) is 0 Å². The number of hydrogen-bond donors (Lipinski definition) is 0. The SMILES string of the molecule is C/C=C\C(=C/N(C=O)CC(=O)c1ccc(-c2cccc(C(F)(F)F)c2)cc1)[S+]([O-])N1CCC(c2ccc(-c3ccc4ccc5cccc6ccc3c4c56)cc2)CC1. The Kier molecular flexibility index (Phi) is 10.7. The van der Waals surface area contributed by atoms with Gasteiger partial charge in [0.25, 0.3) is 0 Å². The first-order valence-electron chi connectivity index (χ1n) is 18.9. The molecule has 0 aromatic heterocycles. The molecule has 5 nitrogen and oxygen atoms in total. The summed E-state index contributed by atoms with van der Waals surface area (Å²) in [5.74, 6) is -0.0580. The predicted molar refractivity (Wildman–Crippen MR) is 224 cm³/mol. The molecule has 1 amide bonds. The Morgan fingerprint density at radius 1 is 0.789 bits per heavy atom. The third-order valence-electron chi connectivity index (χ3n) is 10.9. The molecule has 7 aromatic rings. The van der Waals surface area contributed by atoms with Crippen LogP contribution >= 0.6 is 0 Å². The highest BCUT2D eigenvalue weighted by molar-refractivity contribution is 7.93. The zero-order chi connectivity index (χ0) is 39.7. The zero-order valence-corrected chi connectivity index (χ0v) is 32.0. The lowest BCUT2D eigenvalue weighted by atomic mass is 9.87. The number of Topliss-reactive ketones (excluding diaryl/α,β-unsaturated/α-hetero) is 1. The number of benzene rings is 7. The normalized spacial score (nSPS) is 15.2. The van der Waals surface area contributed by atoms with E-state index in [0.29, 0.717) is 47.0 Å². The standard InChI is InChI=1S/C48H39F3N2O3S/c1-2-5-42(29-52(31-54)30-45(55)36-16-12-33(13-17-36)40-8-4-9-41(28-40)48(49,50)51)57(56)53-26-24-34(25-27-53)32-10-14-35(15-11-32)43-22-20-39-19-18-37-6-3-7-38-21-23-44(43)47(39)46(37)38/h2-23,28-29,31,34H,24-27,30H2,1H3/b5-2-,42-29+. The highest BCUT2D eigenvalue weighted by Crippen LogP contribution is 2.40. The van der Waals surface area contributed by atoms with Gasteiger partial charge >= 0.3 is 6.18 Å². The Morgan fingerprint density at radius 3 is 2.09 bits per heavy atom. The summed E-state index contributed by atoms with van der Waals surface area (Å²) in [5.41, 5.74) is 4.06. The summed E-state index contributed by atoms with van der Waals surface area (Å²) in [6.07, 6.45) is 2.57. The number of ketones is 1. The van der Waals surface area contributed by atoms with Gasteiger partial charge in [-0.25, -0.2) is 0 Å². The van der Waals surface area contributed by atoms with E-state index in [1.807, 2.05) is 4.31 Å². The van der Waals surface area contributed by atoms with Gasteiger partial charge in [0.1, 0.15) is 0 Å². The number of carbonyl (C=O) groups excluding carboxylic acids is 2. The molecule has 9 heteroatoms. The van der Waals surface area contributed by atoms with Gasteiger partial charge in [0, 0.05) is 18.7 Å². The van der Waals surface area contributed by atoms with Crippen molar-refractivity contribution in [2.75, 3.05) is 19.6 Å². The van der Waals surface area contributed by atoms with Crippen LogP contribution < -0.4 is 0 Å². The van der Waals surface area contributed by atoms with Crippen molar-refractivity contribution < 1.29 is 27.3 Å². The molecular weight excluding hydrogens is 742 g/mol. The minimum absolute atomic E-state index is 0.294. The first-order valence-corrected chi connectivity index (χ1v) is 20.0. The fourth-order valence-electron chi connectivity index (χ4n) is 7.99. The maximum atomic E-state index is 13.9. The van der Waals surface area contributed by atoms with Gasteiger partial charge in [-0.1, -0.05) is 121 Å². The molecule has 0 spiro atoms. The zero-order valence-electron chi connectivity index (χ0n) is 31.2. The number of allylic oxidation sites excluding steroid dienone is 2. The van der Waals surface area contributed by atoms with Crippen LogP contribution in [0.2, 0.25) is 0 Å². The molecule has 0 bridgehead atoms. The van der Waals surface area contributed by atoms with Gasteiger partial charge in [-0.2, -0.15) is 13.2 Å². The van der Waals surface area contributed by atoms with Crippen molar-refractivity contribution in [3.63, 3.8) is 0 Å². The summed E-state index contributed by atoms with van der Waals surface area (Å²) in [6.45, 7) is 2.70. The minimum Gasteiger partial charge on any atom is -0.593 e. The van der Waals surface area contributed by atoms with E-state index in [9.17, 15) is 27.3 Å². The lowest BCUT2D eigenvalue weighted by molar-refractivity contribution is -0.137. The quantitative estimate of drug-likeness (QED) is 0.0431. The fourth-order valence-corrected chi connectivity index (χ4v) is 9.31. The van der Waals surface area contributed by atoms with Crippen molar-refractivity contribution >= 4 is 55.9 Å². The summed E-state index contributed by atoms with van der Waals surface area (Å²) in [7, 11) is 0. The maximum absolute atomic E-state index is 13.9. The van der Waals surface area contributed by atoms with Gasteiger partial charge < -0.3 is 9.45 Å². The summed E-state index contributed by atoms with van der Waals surface area (Å²) < 4.78 is 55.4. The second-order valence-electron chi connectivity index (χ2n) is 14.4. The van der Waals surface area contributed by atoms with Crippen LogP contribution in [0.5, 0.6) is 0 Å². The van der Waals surface area contributed by atoms with E-state index >= 15 is 0 Å². The average Bonchev–Trinajstić information content (AvgIpc) is 3.24. The van der Waals surface area contributed by atoms with Crippen molar-refractivity contribution in [3.8, 4) is 22.3 Å². The fraction of sp³-hybridized carbons (Fsp3) is 0.167. The van der Waals surface area contributed by atoms with E-state index in [1.54, 1.807) is 37.3 Å². The second kappa shape index (κ2) is 16.0. The van der Waals surface area contributed by atoms with Gasteiger partial charge in [0.15, 0.2) is 10.7 Å². The lowest BCUT2D eigenvalue weighted by Gasteiger charge is -2.32. The van der Waals surface area contributed by atoms with Gasteiger partial charge in [-0.3, -0.25) is 9.59 Å². The van der Waals surface area contributed by atoms with Gasteiger partial charge in [0.05, 0.1) is 29.7 Å². The molecule has 0 N–H and O–H groups in total. The highest BCUT2D eigenvalue weighted by Gasteiger charge is 2.32. The molecule has 8 rings (SSSR count). The van der Waals surface area contributed by atoms with Crippen LogP contribution in [0.15, 0.2) is 151 Å². The average molecular weight is 781 g/mol. The maximum Gasteiger partial charge on any atom is 0.416 e. The Labute approximate surface area is 332 Å². The van der Waals surface area contributed by atoms with Crippen molar-refractivity contribution in [3.05, 3.63) is 167 Å². The van der Waals surface area contributed by atoms with Gasteiger partial charge in [-0.15, -0.1) is 4.31 Å². The molecule has 0 radical (unpaired) electrons. The van der Waals surface area contributed by atoms with E-state index in [1.165, 1.54) is 78.3 Å². The number of carbonyl (C=O) groups is 2. The van der Waals surface area contributed by atoms with Crippen LogP contribution in [-0.4, -0.2) is 45.6 Å². The monoisotopic (exact) mass is 780 g/mol. The summed E-state index contributed by atoms with van der Waals surface area (Å²) in [4.78, 5) is 26.9. The largest absolute Gasteiger partial charge is 0.593 e. The molecule has 1 atom stereocenters. The molecule has 0 saturated carbocycles. The van der Waals surface area contributed by atoms with E-state index in [4.69, 9.17) is 0 Å². The van der Waals surface area contributed by atoms with Crippen molar-refractivity contribution in [2.45, 2.75) is 31.9 Å². The Balaban J connectivity index is 0.912. The third-order valence-corrected chi connectivity index (χ3v) is 12.4. The number of rotatable bonds is 11. The Morgan fingerprint density at radius 2 is 1.42 bits per heavy atom. The van der Waals surface area contributed by atoms with Crippen LogP contribution in [0.4, 0.5) is 13.2 Å². The molecule has 1 aliphatic heterocycles. The number of piperidine rings is 1. The number of nitrogens with zero attached hydrogens (tertiary/aromatic N) is 2. The van der Waals surface area contributed by atoms with Gasteiger partial charge in [-0.05, 0) is 104 Å². The highest BCUT2D eigenvalue weighted by atomic mass is 32.2. The molecule has 286 valence electrons. The van der Waals surface area contributed by atoms with Crippen LogP contribution in [0.3, 0.4) is 0 Å². The molecule has 1 saturated heterocycles. The van der Waals surface area contributed by atoms with E-state index in [-0.39, 0.29) is 12.3 Å². The molecule has 1 heterocycles. The number of alkyl halides is 3. The van der Waals surface area contributed by atoms with E-state index in [2.05, 4.69) is 78.9 Å². The topological polar surface area (TPSA) is 63.7 Å². The number of amides is 1. The summed E-state index contributed by atoms with van der Waals surface area (Å²) in [6, 6.07) is 39.8. The molecular formula is C48H39F3N2O3S. The number of hydrogen-bond acceptors (Lipinski definition) is 4. The van der Waals surface area contributed by atoms with E-state index in [0.717, 1.165) is 25.0 Å². The minimum atomic E-state index is -4.47. The summed E-state index contributed by atoms with van der Waals surface area (Å²) >= 11 is -1.57. The smallest absolute Gasteiger partial charge is 0.416 e. The molecule has 0 aliphatic carbocycles. The van der Waals surface area contributed by atoms with Crippen molar-refractivity contribution in [1.82, 2.24) is 9.21 Å². The molecule has 1 fully saturated rings. The van der Waals surface area contributed by atoms with Crippen molar-refractivity contribution in [1.29, 1.82) is 0 Å². The van der Waals surface area contributed by atoms with Crippen LogP contribution in [-0.2, 0) is 22.3 Å². The first kappa shape index (κ1) is 38.1. The van der Waals surface area contributed by atoms with Crippen molar-refractivity contribution in [2.24, 2.45) is 0 Å².